The minimum Gasteiger partial charge on any atom is -0.496 e. The van der Waals surface area contributed by atoms with Gasteiger partial charge in [0.1, 0.15) is 16.6 Å². The van der Waals surface area contributed by atoms with Crippen molar-refractivity contribution in [1.82, 2.24) is 0 Å². The Labute approximate surface area is 130 Å². The van der Waals surface area contributed by atoms with E-state index in [4.69, 9.17) is 22.7 Å². The maximum absolute atomic E-state index is 13.8. The third-order valence-electron chi connectivity index (χ3n) is 2.68. The minimum absolute atomic E-state index is 0.0428. The maximum Gasteiger partial charge on any atom is 0.135 e. The molecule has 0 radical (unpaired) electrons. The van der Waals surface area contributed by atoms with Gasteiger partial charge >= 0.3 is 0 Å². The predicted octanol–water partition coefficient (Wildman–Crippen LogP) is 3.97. The quantitative estimate of drug-likeness (QED) is 0.815. The van der Waals surface area contributed by atoms with Crippen molar-refractivity contribution in [3.63, 3.8) is 0 Å². The third kappa shape index (κ3) is 3.26. The topological polar surface area (TPSA) is 47.3 Å². The van der Waals surface area contributed by atoms with E-state index in [1.807, 2.05) is 18.2 Å². The zero-order valence-corrected chi connectivity index (χ0v) is 13.0. The van der Waals surface area contributed by atoms with Gasteiger partial charge in [0.05, 0.1) is 11.6 Å². The molecular weight excluding hydrogens is 343 g/mol. The Hall–Kier alpha value is -1.66. The molecule has 0 bridgehead atoms. The van der Waals surface area contributed by atoms with Crippen LogP contribution in [-0.2, 0) is 0 Å². The number of thiocarbonyl (C=S) groups is 1. The lowest BCUT2D eigenvalue weighted by Crippen LogP contribution is -2.11. The van der Waals surface area contributed by atoms with E-state index in [0.29, 0.717) is 5.69 Å². The first kappa shape index (κ1) is 14.7. The summed E-state index contributed by atoms with van der Waals surface area (Å²) in [5.41, 5.74) is 7.07. The summed E-state index contributed by atoms with van der Waals surface area (Å²) in [6.45, 7) is 0. The highest BCUT2D eigenvalue weighted by Gasteiger charge is 2.07. The number of ether oxygens (including phenoxy) is 1. The Kier molecular flexibility index (Phi) is 4.57. The number of anilines is 2. The first-order chi connectivity index (χ1) is 9.51. The van der Waals surface area contributed by atoms with Gasteiger partial charge in [0.2, 0.25) is 0 Å². The van der Waals surface area contributed by atoms with Gasteiger partial charge < -0.3 is 15.8 Å². The number of rotatable bonds is 4. The van der Waals surface area contributed by atoms with Crippen LogP contribution in [0.5, 0.6) is 5.75 Å². The number of benzene rings is 2. The molecule has 0 saturated heterocycles. The fourth-order valence-corrected chi connectivity index (χ4v) is 2.41. The molecule has 20 heavy (non-hydrogen) atoms. The summed E-state index contributed by atoms with van der Waals surface area (Å²) in [7, 11) is 1.59. The van der Waals surface area contributed by atoms with Crippen molar-refractivity contribution in [2.24, 2.45) is 5.73 Å². The summed E-state index contributed by atoms with van der Waals surface area (Å²) in [4.78, 5) is 0.0428. The van der Waals surface area contributed by atoms with Gasteiger partial charge in [-0.2, -0.15) is 0 Å². The SMILES string of the molecule is COc1ccc(Nc2ccc(C(N)=S)c(F)c2)cc1Br. The van der Waals surface area contributed by atoms with Crippen LogP contribution in [0.1, 0.15) is 5.56 Å². The number of halogens is 2. The Morgan fingerprint density at radius 1 is 1.25 bits per heavy atom. The first-order valence-electron chi connectivity index (χ1n) is 5.71. The van der Waals surface area contributed by atoms with Crippen LogP contribution in [-0.4, -0.2) is 12.1 Å². The average Bonchev–Trinajstić information content (AvgIpc) is 2.38. The monoisotopic (exact) mass is 354 g/mol. The third-order valence-corrected chi connectivity index (χ3v) is 3.51. The Morgan fingerprint density at radius 2 is 1.90 bits per heavy atom. The van der Waals surface area contributed by atoms with Crippen LogP contribution < -0.4 is 15.8 Å². The summed E-state index contributed by atoms with van der Waals surface area (Å²) in [6.07, 6.45) is 0. The maximum atomic E-state index is 13.8. The zero-order valence-electron chi connectivity index (χ0n) is 10.6. The van der Waals surface area contributed by atoms with Crippen LogP contribution in [0.25, 0.3) is 0 Å². The molecule has 0 atom stereocenters. The zero-order chi connectivity index (χ0) is 14.7. The Morgan fingerprint density at radius 3 is 2.45 bits per heavy atom. The molecule has 104 valence electrons. The van der Waals surface area contributed by atoms with Crippen molar-refractivity contribution in [3.05, 3.63) is 52.3 Å². The second-order valence-corrected chi connectivity index (χ2v) is 5.33. The summed E-state index contributed by atoms with van der Waals surface area (Å²) in [5, 5.41) is 3.09. The van der Waals surface area contributed by atoms with Crippen LogP contribution in [0, 0.1) is 5.82 Å². The lowest BCUT2D eigenvalue weighted by Gasteiger charge is -2.10. The van der Waals surface area contributed by atoms with Crippen molar-refractivity contribution in [1.29, 1.82) is 0 Å². The summed E-state index contributed by atoms with van der Waals surface area (Å²) < 4.78 is 19.7. The van der Waals surface area contributed by atoms with E-state index in [2.05, 4.69) is 21.2 Å². The number of methoxy groups -OCH3 is 1. The van der Waals surface area contributed by atoms with Crippen molar-refractivity contribution >= 4 is 44.5 Å². The molecule has 0 saturated carbocycles. The Balaban J connectivity index is 2.24. The molecule has 2 aromatic rings. The summed E-state index contributed by atoms with van der Waals surface area (Å²) in [6, 6.07) is 10.1. The van der Waals surface area contributed by atoms with Gasteiger partial charge in [0.25, 0.3) is 0 Å². The molecule has 0 aliphatic rings. The molecule has 6 heteroatoms. The molecule has 3 nitrogen and oxygen atoms in total. The predicted molar refractivity (Wildman–Crippen MR) is 86.3 cm³/mol. The van der Waals surface area contributed by atoms with E-state index >= 15 is 0 Å². The fourth-order valence-electron chi connectivity index (χ4n) is 1.70. The molecule has 0 aliphatic heterocycles. The van der Waals surface area contributed by atoms with Gasteiger partial charge in [-0.25, -0.2) is 4.39 Å². The second kappa shape index (κ2) is 6.19. The van der Waals surface area contributed by atoms with E-state index in [1.54, 1.807) is 19.2 Å². The van der Waals surface area contributed by atoms with Gasteiger partial charge in [-0.15, -0.1) is 0 Å². The molecular formula is C14H12BrFN2OS. The van der Waals surface area contributed by atoms with E-state index in [9.17, 15) is 4.39 Å². The lowest BCUT2D eigenvalue weighted by molar-refractivity contribution is 0.412. The van der Waals surface area contributed by atoms with Crippen molar-refractivity contribution in [2.45, 2.75) is 0 Å². The molecule has 0 aliphatic carbocycles. The molecule has 0 fully saturated rings. The number of hydrogen-bond donors (Lipinski definition) is 2. The van der Waals surface area contributed by atoms with Gasteiger partial charge in [-0.1, -0.05) is 12.2 Å². The van der Waals surface area contributed by atoms with Crippen LogP contribution in [0.15, 0.2) is 40.9 Å². The Bertz CT molecular complexity index is 664. The van der Waals surface area contributed by atoms with Crippen LogP contribution >= 0.6 is 28.1 Å². The van der Waals surface area contributed by atoms with Gasteiger partial charge in [-0.05, 0) is 52.3 Å². The number of hydrogen-bond acceptors (Lipinski definition) is 3. The molecule has 0 unspecified atom stereocenters. The second-order valence-electron chi connectivity index (χ2n) is 4.03. The van der Waals surface area contributed by atoms with E-state index in [1.165, 1.54) is 6.07 Å². The van der Waals surface area contributed by atoms with Gasteiger partial charge in [0.15, 0.2) is 0 Å². The summed E-state index contributed by atoms with van der Waals surface area (Å²) in [5.74, 6) is 0.278. The van der Waals surface area contributed by atoms with Crippen molar-refractivity contribution in [2.75, 3.05) is 12.4 Å². The van der Waals surface area contributed by atoms with Gasteiger partial charge in [0, 0.05) is 16.9 Å². The highest BCUT2D eigenvalue weighted by Crippen LogP contribution is 2.29. The molecule has 0 amide bonds. The van der Waals surface area contributed by atoms with Crippen LogP contribution in [0.4, 0.5) is 15.8 Å². The van der Waals surface area contributed by atoms with E-state index in [-0.39, 0.29) is 10.6 Å². The average molecular weight is 355 g/mol. The molecule has 2 rings (SSSR count). The van der Waals surface area contributed by atoms with Crippen LogP contribution in [0.3, 0.4) is 0 Å². The molecule has 0 aromatic heterocycles. The lowest BCUT2D eigenvalue weighted by atomic mass is 10.2. The molecule has 3 N–H and O–H groups in total. The van der Waals surface area contributed by atoms with E-state index in [0.717, 1.165) is 15.9 Å². The van der Waals surface area contributed by atoms with Gasteiger partial charge in [-0.3, -0.25) is 0 Å². The molecule has 0 spiro atoms. The number of nitrogens with one attached hydrogen (secondary N) is 1. The largest absolute Gasteiger partial charge is 0.496 e. The normalized spacial score (nSPS) is 10.2. The number of nitrogens with two attached hydrogens (primary N) is 1. The van der Waals surface area contributed by atoms with Crippen LogP contribution in [0.2, 0.25) is 0 Å². The van der Waals surface area contributed by atoms with Crippen molar-refractivity contribution < 1.29 is 9.13 Å². The highest BCUT2D eigenvalue weighted by atomic mass is 79.9. The summed E-state index contributed by atoms with van der Waals surface area (Å²) >= 11 is 8.16. The smallest absolute Gasteiger partial charge is 0.135 e. The first-order valence-corrected chi connectivity index (χ1v) is 6.91. The molecule has 2 aromatic carbocycles. The standard InChI is InChI=1S/C14H12BrFN2OS/c1-19-13-5-3-8(6-11(13)15)18-9-2-4-10(14(17)20)12(16)7-9/h2-7,18H,1H3,(H2,17,20). The minimum atomic E-state index is -0.449. The highest BCUT2D eigenvalue weighted by molar-refractivity contribution is 9.10. The molecule has 0 heterocycles. The fraction of sp³-hybridized carbons (Fsp3) is 0.0714. The van der Waals surface area contributed by atoms with E-state index < -0.39 is 5.82 Å². The van der Waals surface area contributed by atoms with Crippen molar-refractivity contribution in [3.8, 4) is 5.75 Å².